The van der Waals surface area contributed by atoms with Gasteiger partial charge in [-0.2, -0.15) is 4.31 Å². The lowest BCUT2D eigenvalue weighted by atomic mass is 10.2. The van der Waals surface area contributed by atoms with E-state index in [2.05, 4.69) is 10.3 Å². The van der Waals surface area contributed by atoms with E-state index in [0.29, 0.717) is 19.5 Å². The highest BCUT2D eigenvalue weighted by Gasteiger charge is 2.30. The third-order valence-electron chi connectivity index (χ3n) is 8.23. The molecule has 14 nitrogen and oxygen atoms in total. The van der Waals surface area contributed by atoms with Gasteiger partial charge < -0.3 is 29.7 Å². The van der Waals surface area contributed by atoms with E-state index in [9.17, 15) is 32.3 Å². The van der Waals surface area contributed by atoms with E-state index < -0.39 is 44.8 Å². The van der Waals surface area contributed by atoms with Crippen LogP contribution in [0.4, 0.5) is 9.18 Å². The van der Waals surface area contributed by atoms with Crippen molar-refractivity contribution >= 4 is 22.0 Å². The highest BCUT2D eigenvalue weighted by atomic mass is 32.2. The summed E-state index contributed by atoms with van der Waals surface area (Å²) < 4.78 is 54.8. The van der Waals surface area contributed by atoms with Gasteiger partial charge in [-0.15, -0.1) is 0 Å². The van der Waals surface area contributed by atoms with Crippen molar-refractivity contribution in [2.45, 2.75) is 37.4 Å². The summed E-state index contributed by atoms with van der Waals surface area (Å²) in [4.78, 5) is 47.0. The first-order valence-electron chi connectivity index (χ1n) is 15.7. The molecule has 0 spiro atoms. The number of fused-ring (bicyclic) bond motifs is 1. The monoisotopic (exact) mass is 686 g/mol. The van der Waals surface area contributed by atoms with Crippen LogP contribution in [0.2, 0.25) is 0 Å². The van der Waals surface area contributed by atoms with Gasteiger partial charge in [-0.25, -0.2) is 22.6 Å². The first-order valence-corrected chi connectivity index (χ1v) is 17.1. The summed E-state index contributed by atoms with van der Waals surface area (Å²) in [7, 11) is -2.21. The van der Waals surface area contributed by atoms with E-state index in [4.69, 9.17) is 9.47 Å². The Kier molecular flexibility index (Phi) is 11.4. The third-order valence-corrected chi connectivity index (χ3v) is 10.2. The van der Waals surface area contributed by atoms with Crippen LogP contribution in [0.3, 0.4) is 0 Å². The Bertz CT molecular complexity index is 1780. The Labute approximate surface area is 277 Å². The van der Waals surface area contributed by atoms with Crippen LogP contribution in [-0.4, -0.2) is 109 Å². The quantitative estimate of drug-likeness (QED) is 0.373. The molecule has 1 aromatic heterocycles. The molecule has 48 heavy (non-hydrogen) atoms. The fourth-order valence-electron chi connectivity index (χ4n) is 5.45. The molecule has 0 unspecified atom stereocenters. The predicted octanol–water partition coefficient (Wildman–Crippen LogP) is 1.56. The van der Waals surface area contributed by atoms with E-state index >= 15 is 0 Å². The number of ether oxygens (including phenoxy) is 2. The number of likely N-dealkylation sites (N-methyl/N-ethyl adjacent to an activating group) is 1. The van der Waals surface area contributed by atoms with Crippen LogP contribution in [0.15, 0.2) is 58.2 Å². The third kappa shape index (κ3) is 8.36. The van der Waals surface area contributed by atoms with Crippen molar-refractivity contribution in [3.63, 3.8) is 0 Å². The van der Waals surface area contributed by atoms with Gasteiger partial charge in [-0.1, -0.05) is 36.4 Å². The Hall–Kier alpha value is -4.38. The summed E-state index contributed by atoms with van der Waals surface area (Å²) >= 11 is 0. The summed E-state index contributed by atoms with van der Waals surface area (Å²) in [5.74, 6) is -2.41. The van der Waals surface area contributed by atoms with Crippen LogP contribution >= 0.6 is 0 Å². The largest absolute Gasteiger partial charge is 0.501 e. The summed E-state index contributed by atoms with van der Waals surface area (Å²) in [5, 5.41) is 13.3. The van der Waals surface area contributed by atoms with Crippen LogP contribution in [-0.2, 0) is 45.6 Å². The lowest BCUT2D eigenvalue weighted by molar-refractivity contribution is 0.0713. The van der Waals surface area contributed by atoms with Gasteiger partial charge in [0.2, 0.25) is 15.8 Å². The number of aromatic hydroxyl groups is 1. The van der Waals surface area contributed by atoms with Gasteiger partial charge in [-0.05, 0) is 36.7 Å². The molecule has 2 aromatic carbocycles. The minimum atomic E-state index is -4.08. The van der Waals surface area contributed by atoms with Gasteiger partial charge >= 0.3 is 6.09 Å². The molecule has 258 valence electrons. The normalized spacial score (nSPS) is 16.8. The fraction of sp³-hybridized carbons (Fsp3) is 0.438. The molecule has 0 atom stereocenters. The van der Waals surface area contributed by atoms with Gasteiger partial charge in [0, 0.05) is 65.4 Å². The number of piperazine rings is 1. The van der Waals surface area contributed by atoms with E-state index in [1.54, 1.807) is 0 Å². The second-order valence-corrected chi connectivity index (χ2v) is 13.5. The number of halogens is 1. The molecule has 0 radical (unpaired) electrons. The number of carbonyl (C=O) groups is 2. The van der Waals surface area contributed by atoms with E-state index in [0.717, 1.165) is 17.7 Å². The average Bonchev–Trinajstić information content (AvgIpc) is 3.13. The minimum Gasteiger partial charge on any atom is -0.501 e. The number of hydrogen-bond donors (Lipinski definition) is 2. The SMILES string of the molecule is CN1CCN(S(=O)(=O)c2cc(F)ccc2CNC(=O)c2nc3n(c(=O)c2O)CCCOCCN(C(=O)OCc2ccccc2)CC3)CC1. The molecule has 0 saturated carbocycles. The maximum absolute atomic E-state index is 14.3. The van der Waals surface area contributed by atoms with Gasteiger partial charge in [0.1, 0.15) is 18.2 Å². The number of nitrogens with zero attached hydrogens (tertiary/aromatic N) is 5. The van der Waals surface area contributed by atoms with Crippen molar-refractivity contribution in [3.8, 4) is 5.75 Å². The Morgan fingerprint density at radius 2 is 1.77 bits per heavy atom. The number of sulfonamides is 1. The highest BCUT2D eigenvalue weighted by molar-refractivity contribution is 7.89. The molecule has 1 fully saturated rings. The van der Waals surface area contributed by atoms with Gasteiger partial charge in [-0.3, -0.25) is 14.2 Å². The maximum Gasteiger partial charge on any atom is 0.410 e. The topological polar surface area (TPSA) is 164 Å². The van der Waals surface area contributed by atoms with Crippen LogP contribution < -0.4 is 10.9 Å². The summed E-state index contributed by atoms with van der Waals surface area (Å²) in [6.07, 6.45) is -0.122. The molecule has 2 amide bonds. The second kappa shape index (κ2) is 15.7. The van der Waals surface area contributed by atoms with E-state index in [1.807, 2.05) is 42.3 Å². The molecule has 2 N–H and O–H groups in total. The molecular formula is C32H39FN6O8S. The average molecular weight is 687 g/mol. The van der Waals surface area contributed by atoms with Crippen molar-refractivity contribution in [2.24, 2.45) is 0 Å². The number of nitrogens with one attached hydrogen (secondary N) is 1. The minimum absolute atomic E-state index is 0.0572. The zero-order valence-electron chi connectivity index (χ0n) is 26.6. The molecule has 16 heteroatoms. The molecule has 5 rings (SSSR count). The summed E-state index contributed by atoms with van der Waals surface area (Å²) in [5.41, 5.74) is -0.460. The van der Waals surface area contributed by atoms with Crippen molar-refractivity contribution in [1.82, 2.24) is 29.0 Å². The summed E-state index contributed by atoms with van der Waals surface area (Å²) in [6, 6.07) is 12.5. The van der Waals surface area contributed by atoms with Crippen LogP contribution in [0.1, 0.15) is 33.9 Å². The Morgan fingerprint density at radius 3 is 2.52 bits per heavy atom. The number of rotatable bonds is 7. The molecule has 0 aliphatic carbocycles. The molecule has 0 bridgehead atoms. The van der Waals surface area contributed by atoms with Crippen molar-refractivity contribution in [3.05, 3.63) is 87.3 Å². The summed E-state index contributed by atoms with van der Waals surface area (Å²) in [6.45, 7) is 2.18. The molecule has 2 aliphatic heterocycles. The fourth-order valence-corrected chi connectivity index (χ4v) is 7.11. The Balaban J connectivity index is 1.34. The molecule has 2 aliphatic rings. The van der Waals surface area contributed by atoms with Gasteiger partial charge in [0.25, 0.3) is 11.5 Å². The predicted molar refractivity (Wildman–Crippen MR) is 171 cm³/mol. The maximum atomic E-state index is 14.3. The number of carbonyl (C=O) groups excluding carboxylic acids is 2. The number of hydrogen-bond acceptors (Lipinski definition) is 10. The van der Waals surface area contributed by atoms with Crippen molar-refractivity contribution < 1.29 is 37.0 Å². The van der Waals surface area contributed by atoms with Gasteiger partial charge in [0.05, 0.1) is 11.5 Å². The van der Waals surface area contributed by atoms with Crippen LogP contribution in [0.5, 0.6) is 5.75 Å². The number of benzene rings is 2. The van der Waals surface area contributed by atoms with E-state index in [-0.39, 0.29) is 81.8 Å². The number of amides is 2. The first kappa shape index (κ1) is 34.9. The lowest BCUT2D eigenvalue weighted by Gasteiger charge is -2.32. The van der Waals surface area contributed by atoms with E-state index in [1.165, 1.54) is 19.8 Å². The lowest BCUT2D eigenvalue weighted by Crippen LogP contribution is -2.47. The standard InChI is InChI=1S/C32H39FN6O8S/c1-36-13-15-38(16-14-36)48(44,45)26-20-25(33)9-8-24(26)21-34-30(41)28-29(40)31(42)39-11-5-18-46-19-17-37(12-10-27(39)35-28)32(43)47-22-23-6-3-2-4-7-23/h2-4,6-9,20,40H,5,10-19,21-22H2,1H3,(H,34,41). The second-order valence-electron chi connectivity index (χ2n) is 11.6. The highest BCUT2D eigenvalue weighted by Crippen LogP contribution is 2.23. The molecule has 3 aromatic rings. The number of aromatic nitrogens is 2. The molecular weight excluding hydrogens is 647 g/mol. The molecule has 1 saturated heterocycles. The van der Waals surface area contributed by atoms with Crippen LogP contribution in [0.25, 0.3) is 0 Å². The molecule has 3 heterocycles. The smallest absolute Gasteiger partial charge is 0.410 e. The van der Waals surface area contributed by atoms with Crippen molar-refractivity contribution in [1.29, 1.82) is 0 Å². The zero-order chi connectivity index (χ0) is 34.3. The zero-order valence-corrected chi connectivity index (χ0v) is 27.5. The van der Waals surface area contributed by atoms with Gasteiger partial charge in [0.15, 0.2) is 5.69 Å². The van der Waals surface area contributed by atoms with Crippen molar-refractivity contribution in [2.75, 3.05) is 59.5 Å². The first-order chi connectivity index (χ1) is 23.0. The Morgan fingerprint density at radius 1 is 1.02 bits per heavy atom. The van der Waals surface area contributed by atoms with Crippen LogP contribution in [0, 0.1) is 5.82 Å².